The second-order valence-corrected chi connectivity index (χ2v) is 7.23. The SMILES string of the molecule is COc1ccc(CCNC(=O)C2CCCN2C(=O)NCc2ccccc2)cc1OC. The summed E-state index contributed by atoms with van der Waals surface area (Å²) in [6.45, 7) is 1.53. The van der Waals surface area contributed by atoms with Crippen LogP contribution in [0.4, 0.5) is 4.79 Å². The van der Waals surface area contributed by atoms with E-state index in [9.17, 15) is 9.59 Å². The Morgan fingerprint density at radius 3 is 2.50 bits per heavy atom. The zero-order chi connectivity index (χ0) is 21.3. The molecule has 1 aliphatic rings. The fourth-order valence-corrected chi connectivity index (χ4v) is 3.64. The number of rotatable bonds is 8. The van der Waals surface area contributed by atoms with Gasteiger partial charge < -0.3 is 25.0 Å². The molecule has 0 spiro atoms. The second-order valence-electron chi connectivity index (χ2n) is 7.23. The molecule has 0 aromatic heterocycles. The number of nitrogens with one attached hydrogen (secondary N) is 2. The standard InChI is InChI=1S/C23H29N3O4/c1-29-20-11-10-17(15-21(20)30-2)12-13-24-22(27)19-9-6-14-26(19)23(28)25-16-18-7-4-3-5-8-18/h3-5,7-8,10-11,15,19H,6,9,12-14,16H2,1-2H3,(H,24,27)(H,25,28). The molecule has 30 heavy (non-hydrogen) atoms. The average Bonchev–Trinajstić information content (AvgIpc) is 3.28. The summed E-state index contributed by atoms with van der Waals surface area (Å²) < 4.78 is 10.6. The first kappa shape index (κ1) is 21.5. The van der Waals surface area contributed by atoms with Gasteiger partial charge in [-0.2, -0.15) is 0 Å². The Bertz CT molecular complexity index is 857. The normalized spacial score (nSPS) is 15.5. The molecule has 7 heteroatoms. The third-order valence-corrected chi connectivity index (χ3v) is 5.26. The molecule has 1 aliphatic heterocycles. The van der Waals surface area contributed by atoms with Gasteiger partial charge in [-0.05, 0) is 42.5 Å². The topological polar surface area (TPSA) is 79.9 Å². The summed E-state index contributed by atoms with van der Waals surface area (Å²) in [5.74, 6) is 1.23. The van der Waals surface area contributed by atoms with E-state index in [2.05, 4.69) is 10.6 Å². The number of amides is 3. The van der Waals surface area contributed by atoms with Crippen LogP contribution in [0.1, 0.15) is 24.0 Å². The summed E-state index contributed by atoms with van der Waals surface area (Å²) in [6.07, 6.45) is 2.17. The molecular weight excluding hydrogens is 382 g/mol. The van der Waals surface area contributed by atoms with Gasteiger partial charge >= 0.3 is 6.03 Å². The third-order valence-electron chi connectivity index (χ3n) is 5.26. The van der Waals surface area contributed by atoms with E-state index in [4.69, 9.17) is 9.47 Å². The molecule has 1 heterocycles. The molecule has 160 valence electrons. The molecule has 0 aliphatic carbocycles. The van der Waals surface area contributed by atoms with Crippen molar-refractivity contribution in [3.63, 3.8) is 0 Å². The van der Waals surface area contributed by atoms with Crippen molar-refractivity contribution < 1.29 is 19.1 Å². The molecule has 1 unspecified atom stereocenters. The lowest BCUT2D eigenvalue weighted by molar-refractivity contribution is -0.124. The van der Waals surface area contributed by atoms with E-state index in [0.717, 1.165) is 17.5 Å². The van der Waals surface area contributed by atoms with Crippen LogP contribution in [0.2, 0.25) is 0 Å². The van der Waals surface area contributed by atoms with Gasteiger partial charge in [0.05, 0.1) is 14.2 Å². The fraction of sp³-hybridized carbons (Fsp3) is 0.391. The number of nitrogens with zero attached hydrogens (tertiary/aromatic N) is 1. The first-order chi connectivity index (χ1) is 14.6. The van der Waals surface area contributed by atoms with Gasteiger partial charge in [-0.25, -0.2) is 4.79 Å². The Hall–Kier alpha value is -3.22. The zero-order valence-corrected chi connectivity index (χ0v) is 17.5. The maximum absolute atomic E-state index is 12.7. The summed E-state index contributed by atoms with van der Waals surface area (Å²) in [4.78, 5) is 26.9. The summed E-state index contributed by atoms with van der Waals surface area (Å²) in [5, 5.41) is 5.88. The Balaban J connectivity index is 1.49. The number of methoxy groups -OCH3 is 2. The molecule has 3 rings (SSSR count). The molecule has 2 aromatic rings. The van der Waals surface area contributed by atoms with E-state index in [1.807, 2.05) is 48.5 Å². The van der Waals surface area contributed by atoms with Crippen LogP contribution in [0.25, 0.3) is 0 Å². The van der Waals surface area contributed by atoms with Gasteiger partial charge in [0.1, 0.15) is 6.04 Å². The minimum absolute atomic E-state index is 0.108. The number of benzene rings is 2. The van der Waals surface area contributed by atoms with Crippen LogP contribution >= 0.6 is 0 Å². The van der Waals surface area contributed by atoms with Crippen molar-refractivity contribution in [2.24, 2.45) is 0 Å². The van der Waals surface area contributed by atoms with Gasteiger partial charge in [0, 0.05) is 19.6 Å². The van der Waals surface area contributed by atoms with Gasteiger partial charge in [0.15, 0.2) is 11.5 Å². The van der Waals surface area contributed by atoms with E-state index in [1.165, 1.54) is 0 Å². The van der Waals surface area contributed by atoms with Crippen LogP contribution in [0.15, 0.2) is 48.5 Å². The highest BCUT2D eigenvalue weighted by Crippen LogP contribution is 2.27. The lowest BCUT2D eigenvalue weighted by atomic mass is 10.1. The molecule has 2 aromatic carbocycles. The number of hydrogen-bond acceptors (Lipinski definition) is 4. The van der Waals surface area contributed by atoms with Crippen LogP contribution in [-0.2, 0) is 17.8 Å². The number of ether oxygens (including phenoxy) is 2. The Labute approximate surface area is 177 Å². The summed E-state index contributed by atoms with van der Waals surface area (Å²) in [7, 11) is 3.20. The van der Waals surface area contributed by atoms with Crippen LogP contribution in [0.5, 0.6) is 11.5 Å². The number of likely N-dealkylation sites (tertiary alicyclic amines) is 1. The van der Waals surface area contributed by atoms with Crippen molar-refractivity contribution in [3.8, 4) is 11.5 Å². The van der Waals surface area contributed by atoms with Crippen molar-refractivity contribution in [1.82, 2.24) is 15.5 Å². The van der Waals surface area contributed by atoms with Gasteiger partial charge in [0.25, 0.3) is 0 Å². The molecule has 3 amide bonds. The number of urea groups is 1. The van der Waals surface area contributed by atoms with E-state index < -0.39 is 6.04 Å². The maximum atomic E-state index is 12.7. The summed E-state index contributed by atoms with van der Waals surface area (Å²) in [6, 6.07) is 14.8. The van der Waals surface area contributed by atoms with Crippen molar-refractivity contribution >= 4 is 11.9 Å². The molecule has 1 saturated heterocycles. The zero-order valence-electron chi connectivity index (χ0n) is 17.5. The highest BCUT2D eigenvalue weighted by Gasteiger charge is 2.33. The highest BCUT2D eigenvalue weighted by atomic mass is 16.5. The lowest BCUT2D eigenvalue weighted by Gasteiger charge is -2.24. The summed E-state index contributed by atoms with van der Waals surface area (Å²) >= 11 is 0. The molecule has 0 bridgehead atoms. The van der Waals surface area contributed by atoms with Crippen molar-refractivity contribution in [1.29, 1.82) is 0 Å². The molecule has 7 nitrogen and oxygen atoms in total. The van der Waals surface area contributed by atoms with Crippen LogP contribution in [-0.4, -0.2) is 50.2 Å². The van der Waals surface area contributed by atoms with Crippen molar-refractivity contribution in [3.05, 3.63) is 59.7 Å². The van der Waals surface area contributed by atoms with Gasteiger partial charge in [0.2, 0.25) is 5.91 Å². The van der Waals surface area contributed by atoms with Gasteiger partial charge in [-0.1, -0.05) is 36.4 Å². The quantitative estimate of drug-likeness (QED) is 0.700. The average molecular weight is 412 g/mol. The molecule has 1 fully saturated rings. The van der Waals surface area contributed by atoms with Crippen LogP contribution < -0.4 is 20.1 Å². The van der Waals surface area contributed by atoms with Crippen molar-refractivity contribution in [2.75, 3.05) is 27.3 Å². The van der Waals surface area contributed by atoms with E-state index in [1.54, 1.807) is 19.1 Å². The second kappa shape index (κ2) is 10.5. The number of carbonyl (C=O) groups excluding carboxylic acids is 2. The third kappa shape index (κ3) is 5.43. The Kier molecular flexibility index (Phi) is 7.54. The highest BCUT2D eigenvalue weighted by molar-refractivity contribution is 5.87. The molecule has 0 radical (unpaired) electrons. The van der Waals surface area contributed by atoms with Crippen LogP contribution in [0.3, 0.4) is 0 Å². The molecular formula is C23H29N3O4. The molecule has 2 N–H and O–H groups in total. The van der Waals surface area contributed by atoms with Crippen molar-refractivity contribution in [2.45, 2.75) is 31.8 Å². The predicted molar refractivity (Wildman–Crippen MR) is 115 cm³/mol. The molecule has 0 saturated carbocycles. The van der Waals surface area contributed by atoms with Gasteiger partial charge in [-0.3, -0.25) is 4.79 Å². The Morgan fingerprint density at radius 2 is 1.77 bits per heavy atom. The fourth-order valence-electron chi connectivity index (χ4n) is 3.64. The number of hydrogen-bond donors (Lipinski definition) is 2. The summed E-state index contributed by atoms with van der Waals surface area (Å²) in [5.41, 5.74) is 2.07. The first-order valence-corrected chi connectivity index (χ1v) is 10.2. The van der Waals surface area contributed by atoms with E-state index >= 15 is 0 Å². The smallest absolute Gasteiger partial charge is 0.318 e. The largest absolute Gasteiger partial charge is 0.493 e. The lowest BCUT2D eigenvalue weighted by Crippen LogP contribution is -2.49. The maximum Gasteiger partial charge on any atom is 0.318 e. The van der Waals surface area contributed by atoms with Crippen LogP contribution in [0, 0.1) is 0 Å². The first-order valence-electron chi connectivity index (χ1n) is 10.2. The number of carbonyl (C=O) groups is 2. The monoisotopic (exact) mass is 411 g/mol. The Morgan fingerprint density at radius 1 is 1.00 bits per heavy atom. The van der Waals surface area contributed by atoms with E-state index in [0.29, 0.717) is 44.0 Å². The van der Waals surface area contributed by atoms with Gasteiger partial charge in [-0.15, -0.1) is 0 Å². The molecule has 1 atom stereocenters. The predicted octanol–water partition coefficient (Wildman–Crippen LogP) is 2.74. The minimum Gasteiger partial charge on any atom is -0.493 e. The minimum atomic E-state index is -0.425. The van der Waals surface area contributed by atoms with E-state index in [-0.39, 0.29) is 11.9 Å².